The van der Waals surface area contributed by atoms with Crippen molar-refractivity contribution in [2.45, 2.75) is 13.8 Å². The Hall–Kier alpha value is -0.870. The van der Waals surface area contributed by atoms with Crippen molar-refractivity contribution in [1.29, 1.82) is 0 Å². The number of halogens is 1. The fourth-order valence-electron chi connectivity index (χ4n) is 1.09. The SMILES string of the molecule is Cc1nc2c(C)c(Cl)sc2nc1N. The highest BCUT2D eigenvalue weighted by Gasteiger charge is 2.10. The van der Waals surface area contributed by atoms with Crippen LogP contribution in [0.5, 0.6) is 0 Å². The first-order valence-electron chi connectivity index (χ1n) is 3.78. The molecule has 5 heteroatoms. The van der Waals surface area contributed by atoms with E-state index in [0.717, 1.165) is 25.9 Å². The Bertz CT molecular complexity index is 478. The average molecular weight is 214 g/mol. The lowest BCUT2D eigenvalue weighted by molar-refractivity contribution is 1.20. The van der Waals surface area contributed by atoms with Crippen LogP contribution < -0.4 is 5.73 Å². The molecule has 0 spiro atoms. The van der Waals surface area contributed by atoms with Crippen LogP contribution in [0.15, 0.2) is 0 Å². The molecule has 0 aliphatic rings. The van der Waals surface area contributed by atoms with Crippen LogP contribution in [0.2, 0.25) is 4.34 Å². The highest BCUT2D eigenvalue weighted by molar-refractivity contribution is 7.22. The van der Waals surface area contributed by atoms with Gasteiger partial charge in [0.2, 0.25) is 0 Å². The number of hydrogen-bond donors (Lipinski definition) is 1. The summed E-state index contributed by atoms with van der Waals surface area (Å²) in [6.45, 7) is 3.78. The number of anilines is 1. The van der Waals surface area contributed by atoms with Gasteiger partial charge in [-0.05, 0) is 13.8 Å². The van der Waals surface area contributed by atoms with Gasteiger partial charge in [0.15, 0.2) is 0 Å². The summed E-state index contributed by atoms with van der Waals surface area (Å²) in [5.74, 6) is 0.477. The van der Waals surface area contributed by atoms with Gasteiger partial charge in [-0.2, -0.15) is 0 Å². The zero-order valence-electron chi connectivity index (χ0n) is 7.26. The molecule has 0 radical (unpaired) electrons. The predicted molar refractivity (Wildman–Crippen MR) is 56.3 cm³/mol. The van der Waals surface area contributed by atoms with E-state index in [-0.39, 0.29) is 0 Å². The summed E-state index contributed by atoms with van der Waals surface area (Å²) < 4.78 is 0.736. The molecule has 2 rings (SSSR count). The lowest BCUT2D eigenvalue weighted by Gasteiger charge is -1.97. The van der Waals surface area contributed by atoms with E-state index >= 15 is 0 Å². The van der Waals surface area contributed by atoms with Crippen LogP contribution in [-0.2, 0) is 0 Å². The van der Waals surface area contributed by atoms with Gasteiger partial charge in [-0.3, -0.25) is 0 Å². The molecular formula is C8H8ClN3S. The molecule has 0 saturated carbocycles. The van der Waals surface area contributed by atoms with Gasteiger partial charge in [0.05, 0.1) is 5.69 Å². The van der Waals surface area contributed by atoms with E-state index in [2.05, 4.69) is 9.97 Å². The number of nitrogens with zero attached hydrogens (tertiary/aromatic N) is 2. The van der Waals surface area contributed by atoms with E-state index in [1.54, 1.807) is 0 Å². The molecular weight excluding hydrogens is 206 g/mol. The van der Waals surface area contributed by atoms with Crippen molar-refractivity contribution in [3.8, 4) is 0 Å². The maximum Gasteiger partial charge on any atom is 0.146 e. The van der Waals surface area contributed by atoms with Crippen LogP contribution in [0.1, 0.15) is 11.3 Å². The lowest BCUT2D eigenvalue weighted by atomic mass is 10.3. The smallest absolute Gasteiger partial charge is 0.146 e. The summed E-state index contributed by atoms with van der Waals surface area (Å²) in [5.41, 5.74) is 8.24. The topological polar surface area (TPSA) is 51.8 Å². The molecule has 13 heavy (non-hydrogen) atoms. The minimum atomic E-state index is 0.477. The summed E-state index contributed by atoms with van der Waals surface area (Å²) in [5, 5.41) is 0. The Morgan fingerprint density at radius 2 is 2.00 bits per heavy atom. The number of nitrogen functional groups attached to an aromatic ring is 1. The molecule has 0 aliphatic heterocycles. The number of thiophene rings is 1. The standard InChI is InChI=1S/C8H8ClN3S/c1-3-5-8(13-6(3)9)12-7(10)4(2)11-5/h1-2H3,(H2,10,12). The number of rotatable bonds is 0. The van der Waals surface area contributed by atoms with Crippen molar-refractivity contribution in [3.05, 3.63) is 15.6 Å². The van der Waals surface area contributed by atoms with E-state index in [4.69, 9.17) is 17.3 Å². The van der Waals surface area contributed by atoms with Crippen molar-refractivity contribution in [3.63, 3.8) is 0 Å². The second-order valence-electron chi connectivity index (χ2n) is 2.85. The van der Waals surface area contributed by atoms with Gasteiger partial charge in [-0.15, -0.1) is 11.3 Å². The Morgan fingerprint density at radius 1 is 1.31 bits per heavy atom. The molecule has 2 heterocycles. The van der Waals surface area contributed by atoms with Gasteiger partial charge in [-0.25, -0.2) is 9.97 Å². The van der Waals surface area contributed by atoms with Crippen LogP contribution in [0.3, 0.4) is 0 Å². The maximum absolute atomic E-state index is 5.95. The number of fused-ring (bicyclic) bond motifs is 1. The van der Waals surface area contributed by atoms with Crippen molar-refractivity contribution >= 4 is 39.1 Å². The van der Waals surface area contributed by atoms with Gasteiger partial charge in [0.25, 0.3) is 0 Å². The van der Waals surface area contributed by atoms with Crippen LogP contribution in [0.4, 0.5) is 5.82 Å². The zero-order valence-corrected chi connectivity index (χ0v) is 8.83. The molecule has 0 saturated heterocycles. The van der Waals surface area contributed by atoms with E-state index < -0.39 is 0 Å². The minimum absolute atomic E-state index is 0.477. The quantitative estimate of drug-likeness (QED) is 0.732. The van der Waals surface area contributed by atoms with E-state index in [1.165, 1.54) is 11.3 Å². The molecule has 2 N–H and O–H groups in total. The molecule has 0 atom stereocenters. The Morgan fingerprint density at radius 3 is 2.69 bits per heavy atom. The highest BCUT2D eigenvalue weighted by Crippen LogP contribution is 2.32. The van der Waals surface area contributed by atoms with E-state index in [0.29, 0.717) is 5.82 Å². The summed E-state index contributed by atoms with van der Waals surface area (Å²) in [6.07, 6.45) is 0. The van der Waals surface area contributed by atoms with Crippen molar-refractivity contribution in [2.24, 2.45) is 0 Å². The molecule has 0 bridgehead atoms. The third kappa shape index (κ3) is 1.26. The summed E-state index contributed by atoms with van der Waals surface area (Å²) in [7, 11) is 0. The predicted octanol–water partition coefficient (Wildman–Crippen LogP) is 2.54. The van der Waals surface area contributed by atoms with Gasteiger partial charge < -0.3 is 5.73 Å². The minimum Gasteiger partial charge on any atom is -0.382 e. The summed E-state index contributed by atoms with van der Waals surface area (Å²) >= 11 is 7.37. The van der Waals surface area contributed by atoms with Crippen LogP contribution in [-0.4, -0.2) is 9.97 Å². The van der Waals surface area contributed by atoms with Crippen LogP contribution in [0.25, 0.3) is 10.3 Å². The fraction of sp³-hybridized carbons (Fsp3) is 0.250. The largest absolute Gasteiger partial charge is 0.382 e. The second-order valence-corrected chi connectivity index (χ2v) is 4.45. The lowest BCUT2D eigenvalue weighted by Crippen LogP contribution is -1.96. The third-order valence-electron chi connectivity index (χ3n) is 1.91. The molecule has 68 valence electrons. The van der Waals surface area contributed by atoms with Gasteiger partial charge in [0, 0.05) is 5.56 Å². The van der Waals surface area contributed by atoms with Crippen molar-refractivity contribution in [1.82, 2.24) is 9.97 Å². The number of aryl methyl sites for hydroxylation is 2. The van der Waals surface area contributed by atoms with Gasteiger partial charge in [0.1, 0.15) is 20.5 Å². The Kier molecular flexibility index (Phi) is 1.89. The fourth-order valence-corrected chi connectivity index (χ4v) is 2.25. The third-order valence-corrected chi connectivity index (χ3v) is 3.39. The zero-order chi connectivity index (χ0) is 9.59. The molecule has 0 amide bonds. The molecule has 0 aliphatic carbocycles. The molecule has 2 aromatic rings. The summed E-state index contributed by atoms with van der Waals surface area (Å²) in [6, 6.07) is 0. The first kappa shape index (κ1) is 8.72. The molecule has 0 unspecified atom stereocenters. The highest BCUT2D eigenvalue weighted by atomic mass is 35.5. The molecule has 3 nitrogen and oxygen atoms in total. The summed E-state index contributed by atoms with van der Waals surface area (Å²) in [4.78, 5) is 9.35. The molecule has 0 fully saturated rings. The van der Waals surface area contributed by atoms with Crippen molar-refractivity contribution < 1.29 is 0 Å². The average Bonchev–Trinajstić information content (AvgIpc) is 2.32. The van der Waals surface area contributed by atoms with Gasteiger partial charge >= 0.3 is 0 Å². The number of nitrogens with two attached hydrogens (primary N) is 1. The van der Waals surface area contributed by atoms with Crippen molar-refractivity contribution in [2.75, 3.05) is 5.73 Å². The number of hydrogen-bond acceptors (Lipinski definition) is 4. The molecule has 0 aromatic carbocycles. The maximum atomic E-state index is 5.95. The first-order valence-corrected chi connectivity index (χ1v) is 4.97. The van der Waals surface area contributed by atoms with E-state index in [9.17, 15) is 0 Å². The molecule has 2 aromatic heterocycles. The van der Waals surface area contributed by atoms with Crippen LogP contribution in [0, 0.1) is 13.8 Å². The normalized spacial score (nSPS) is 11.0. The van der Waals surface area contributed by atoms with E-state index in [1.807, 2.05) is 13.8 Å². The Balaban J connectivity index is 2.89. The van der Waals surface area contributed by atoms with Crippen LogP contribution >= 0.6 is 22.9 Å². The first-order chi connectivity index (χ1) is 6.09. The van der Waals surface area contributed by atoms with Gasteiger partial charge in [-0.1, -0.05) is 11.6 Å². The second kappa shape index (κ2) is 2.82. The Labute approximate surface area is 84.6 Å². The monoisotopic (exact) mass is 213 g/mol. The number of aromatic nitrogens is 2.